The van der Waals surface area contributed by atoms with E-state index in [0.717, 1.165) is 0 Å². The molecule has 0 saturated carbocycles. The van der Waals surface area contributed by atoms with Crippen molar-refractivity contribution in [3.63, 3.8) is 0 Å². The number of aromatic hydroxyl groups is 1. The molecule has 0 aliphatic rings. The topological polar surface area (TPSA) is 95.5 Å². The first-order valence-electron chi connectivity index (χ1n) is 7.11. The molecular formula is C16H18N2O4S. The Kier molecular flexibility index (Phi) is 5.23. The molecule has 0 unspecified atom stereocenters. The molecule has 2 aromatic rings. The van der Waals surface area contributed by atoms with Crippen molar-refractivity contribution in [3.8, 4) is 5.75 Å². The van der Waals surface area contributed by atoms with E-state index in [-0.39, 0.29) is 22.8 Å². The van der Waals surface area contributed by atoms with Crippen LogP contribution in [-0.4, -0.2) is 25.2 Å². The molecule has 0 atom stereocenters. The van der Waals surface area contributed by atoms with Crippen LogP contribution in [0.5, 0.6) is 5.75 Å². The first kappa shape index (κ1) is 16.8. The average Bonchev–Trinajstić information content (AvgIpc) is 2.49. The number of phenolic OH excluding ortho intramolecular Hbond substituents is 1. The maximum Gasteiger partial charge on any atom is 0.255 e. The lowest BCUT2D eigenvalue weighted by atomic mass is 10.2. The van der Waals surface area contributed by atoms with Gasteiger partial charge in [0.1, 0.15) is 5.75 Å². The fourth-order valence-corrected chi connectivity index (χ4v) is 3.12. The third-order valence-electron chi connectivity index (χ3n) is 3.02. The summed E-state index contributed by atoms with van der Waals surface area (Å²) in [6, 6.07) is 12.5. The van der Waals surface area contributed by atoms with E-state index in [1.165, 1.54) is 12.1 Å². The summed E-state index contributed by atoms with van der Waals surface area (Å²) in [7, 11) is -3.41. The molecule has 23 heavy (non-hydrogen) atoms. The first-order chi connectivity index (χ1) is 10.9. The second kappa shape index (κ2) is 7.15. The molecular weight excluding hydrogens is 316 g/mol. The minimum atomic E-state index is -3.41. The molecule has 0 bridgehead atoms. The van der Waals surface area contributed by atoms with Crippen LogP contribution in [-0.2, 0) is 10.0 Å². The Balaban J connectivity index is 2.16. The molecule has 7 heteroatoms. The highest BCUT2D eigenvalue weighted by atomic mass is 32.2. The van der Waals surface area contributed by atoms with E-state index in [1.54, 1.807) is 43.3 Å². The number of rotatable bonds is 6. The SMILES string of the molecule is CCCS(=O)(=O)Nc1cccc(C(=O)Nc2ccccc2O)c1. The third-order valence-corrected chi connectivity index (χ3v) is 4.52. The number of hydrogen-bond donors (Lipinski definition) is 3. The number of para-hydroxylation sites is 2. The zero-order valence-electron chi connectivity index (χ0n) is 12.6. The van der Waals surface area contributed by atoms with Crippen LogP contribution in [0.2, 0.25) is 0 Å². The number of carbonyl (C=O) groups is 1. The highest BCUT2D eigenvalue weighted by molar-refractivity contribution is 7.92. The number of carbonyl (C=O) groups excluding carboxylic acids is 1. The van der Waals surface area contributed by atoms with Crippen molar-refractivity contribution in [2.24, 2.45) is 0 Å². The Labute approximate surface area is 135 Å². The summed E-state index contributed by atoms with van der Waals surface area (Å²) in [5.74, 6) is -0.468. The summed E-state index contributed by atoms with van der Waals surface area (Å²) in [5.41, 5.74) is 0.891. The maximum atomic E-state index is 12.2. The number of anilines is 2. The maximum absolute atomic E-state index is 12.2. The molecule has 0 aliphatic carbocycles. The number of nitrogens with one attached hydrogen (secondary N) is 2. The van der Waals surface area contributed by atoms with Crippen molar-refractivity contribution in [2.45, 2.75) is 13.3 Å². The van der Waals surface area contributed by atoms with Crippen LogP contribution in [0.4, 0.5) is 11.4 Å². The van der Waals surface area contributed by atoms with Crippen LogP contribution >= 0.6 is 0 Å². The predicted molar refractivity (Wildman–Crippen MR) is 90.2 cm³/mol. The lowest BCUT2D eigenvalue weighted by molar-refractivity contribution is 0.102. The second-order valence-electron chi connectivity index (χ2n) is 4.97. The Bertz CT molecular complexity index is 803. The molecule has 0 aliphatic heterocycles. The molecule has 0 fully saturated rings. The Morgan fingerprint density at radius 3 is 2.57 bits per heavy atom. The molecule has 0 saturated heterocycles. The molecule has 2 rings (SSSR count). The Hall–Kier alpha value is -2.54. The Morgan fingerprint density at radius 1 is 1.13 bits per heavy atom. The van der Waals surface area contributed by atoms with Crippen LogP contribution in [0, 0.1) is 0 Å². The molecule has 122 valence electrons. The lowest BCUT2D eigenvalue weighted by Crippen LogP contribution is -2.17. The largest absolute Gasteiger partial charge is 0.506 e. The van der Waals surface area contributed by atoms with Crippen molar-refractivity contribution in [2.75, 3.05) is 15.8 Å². The van der Waals surface area contributed by atoms with E-state index in [0.29, 0.717) is 12.1 Å². The Morgan fingerprint density at radius 2 is 1.87 bits per heavy atom. The summed E-state index contributed by atoms with van der Waals surface area (Å²) in [6.45, 7) is 1.77. The normalized spacial score (nSPS) is 11.0. The smallest absolute Gasteiger partial charge is 0.255 e. The van der Waals surface area contributed by atoms with Gasteiger partial charge in [-0.3, -0.25) is 9.52 Å². The van der Waals surface area contributed by atoms with Gasteiger partial charge in [0.05, 0.1) is 11.4 Å². The fourth-order valence-electron chi connectivity index (χ4n) is 2.00. The summed E-state index contributed by atoms with van der Waals surface area (Å²) >= 11 is 0. The quantitative estimate of drug-likeness (QED) is 0.708. The minimum absolute atomic E-state index is 0.0152. The number of phenols is 1. The van der Waals surface area contributed by atoms with E-state index in [1.807, 2.05) is 0 Å². The number of amides is 1. The summed E-state index contributed by atoms with van der Waals surface area (Å²) in [6.07, 6.45) is 0.503. The van der Waals surface area contributed by atoms with E-state index >= 15 is 0 Å². The molecule has 0 radical (unpaired) electrons. The summed E-state index contributed by atoms with van der Waals surface area (Å²) in [5, 5.41) is 12.2. The van der Waals surface area contributed by atoms with Gasteiger partial charge in [0.2, 0.25) is 10.0 Å². The zero-order chi connectivity index (χ0) is 16.9. The molecule has 0 heterocycles. The van der Waals surface area contributed by atoms with E-state index in [4.69, 9.17) is 0 Å². The van der Waals surface area contributed by atoms with Gasteiger partial charge in [0, 0.05) is 11.3 Å². The van der Waals surface area contributed by atoms with Gasteiger partial charge in [-0.15, -0.1) is 0 Å². The van der Waals surface area contributed by atoms with Crippen LogP contribution < -0.4 is 10.0 Å². The summed E-state index contributed by atoms with van der Waals surface area (Å²) in [4.78, 5) is 12.2. The van der Waals surface area contributed by atoms with Crippen molar-refractivity contribution in [3.05, 3.63) is 54.1 Å². The van der Waals surface area contributed by atoms with Crippen LogP contribution in [0.25, 0.3) is 0 Å². The molecule has 0 aromatic heterocycles. The standard InChI is InChI=1S/C16H18N2O4S/c1-2-10-23(21,22)18-13-7-5-6-12(11-13)16(20)17-14-8-3-4-9-15(14)19/h3-9,11,18-19H,2,10H2,1H3,(H,17,20). The zero-order valence-corrected chi connectivity index (χ0v) is 13.4. The minimum Gasteiger partial charge on any atom is -0.506 e. The van der Waals surface area contributed by atoms with Crippen LogP contribution in [0.15, 0.2) is 48.5 Å². The number of benzene rings is 2. The molecule has 3 N–H and O–H groups in total. The molecule has 6 nitrogen and oxygen atoms in total. The molecule has 2 aromatic carbocycles. The van der Waals surface area contributed by atoms with Gasteiger partial charge in [-0.25, -0.2) is 8.42 Å². The van der Waals surface area contributed by atoms with Crippen molar-refractivity contribution in [1.29, 1.82) is 0 Å². The van der Waals surface area contributed by atoms with Gasteiger partial charge in [0.25, 0.3) is 5.91 Å². The number of hydrogen-bond acceptors (Lipinski definition) is 4. The number of sulfonamides is 1. The van der Waals surface area contributed by atoms with E-state index in [9.17, 15) is 18.3 Å². The van der Waals surface area contributed by atoms with Gasteiger partial charge in [-0.1, -0.05) is 25.1 Å². The van der Waals surface area contributed by atoms with Gasteiger partial charge in [-0.05, 0) is 36.8 Å². The van der Waals surface area contributed by atoms with Gasteiger partial charge < -0.3 is 10.4 Å². The van der Waals surface area contributed by atoms with Crippen molar-refractivity contribution in [1.82, 2.24) is 0 Å². The van der Waals surface area contributed by atoms with Gasteiger partial charge in [0.15, 0.2) is 0 Å². The average molecular weight is 334 g/mol. The highest BCUT2D eigenvalue weighted by Crippen LogP contribution is 2.22. The van der Waals surface area contributed by atoms with Crippen LogP contribution in [0.1, 0.15) is 23.7 Å². The van der Waals surface area contributed by atoms with Gasteiger partial charge in [-0.2, -0.15) is 0 Å². The van der Waals surface area contributed by atoms with Crippen molar-refractivity contribution >= 4 is 27.3 Å². The molecule has 1 amide bonds. The summed E-state index contributed by atoms with van der Waals surface area (Å²) < 4.78 is 26.0. The second-order valence-corrected chi connectivity index (χ2v) is 6.81. The van der Waals surface area contributed by atoms with Crippen LogP contribution in [0.3, 0.4) is 0 Å². The van der Waals surface area contributed by atoms with Gasteiger partial charge >= 0.3 is 0 Å². The lowest BCUT2D eigenvalue weighted by Gasteiger charge is -2.10. The third kappa shape index (κ3) is 4.72. The monoisotopic (exact) mass is 334 g/mol. The predicted octanol–water partition coefficient (Wildman–Crippen LogP) is 2.80. The van der Waals surface area contributed by atoms with Crippen molar-refractivity contribution < 1.29 is 18.3 Å². The molecule has 0 spiro atoms. The van der Waals surface area contributed by atoms with E-state index < -0.39 is 15.9 Å². The highest BCUT2D eigenvalue weighted by Gasteiger charge is 2.12. The fraction of sp³-hybridized carbons (Fsp3) is 0.188. The van der Waals surface area contributed by atoms with E-state index in [2.05, 4.69) is 10.0 Å². The first-order valence-corrected chi connectivity index (χ1v) is 8.76.